The summed E-state index contributed by atoms with van der Waals surface area (Å²) in [5.41, 5.74) is 0.212. The molecule has 10 heteroatoms. The first-order valence-corrected chi connectivity index (χ1v) is 10.4. The average Bonchev–Trinajstić information content (AvgIpc) is 3.24. The fourth-order valence-corrected chi connectivity index (χ4v) is 4.20. The van der Waals surface area contributed by atoms with Gasteiger partial charge in [-0.2, -0.15) is 13.2 Å². The maximum absolute atomic E-state index is 13.1. The lowest BCUT2D eigenvalue weighted by Crippen LogP contribution is -2.39. The summed E-state index contributed by atoms with van der Waals surface area (Å²) < 4.78 is 40.9. The number of carbonyl (C=O) groups is 2. The van der Waals surface area contributed by atoms with Crippen molar-refractivity contribution in [2.75, 3.05) is 13.1 Å². The molecular weight excluding hydrogens is 419 g/mol. The number of carbonyl (C=O) groups excluding carboxylic acids is 2. The summed E-state index contributed by atoms with van der Waals surface area (Å²) in [6, 6.07) is 3.99. The molecule has 1 N–H and O–H groups in total. The van der Waals surface area contributed by atoms with E-state index < -0.39 is 23.7 Å². The maximum Gasteiger partial charge on any atom is 0.416 e. The number of nitrogens with zero attached hydrogens (tertiary/aromatic N) is 2. The number of likely N-dealkylation sites (tertiary alicyclic amines) is 1. The van der Waals surface area contributed by atoms with Gasteiger partial charge in [-0.15, -0.1) is 0 Å². The SMILES string of the molecule is Cc1csc(=O)n1CCC(=O)NC(CN1CCCC1=O)c1cccc(C(F)(F)F)c1. The van der Waals surface area contributed by atoms with Crippen LogP contribution in [-0.2, 0) is 22.3 Å². The minimum absolute atomic E-state index is 0.000881. The summed E-state index contributed by atoms with van der Waals surface area (Å²) in [6.07, 6.45) is -3.43. The van der Waals surface area contributed by atoms with E-state index in [0.29, 0.717) is 19.4 Å². The van der Waals surface area contributed by atoms with Crippen molar-refractivity contribution in [2.45, 2.75) is 44.9 Å². The first-order valence-electron chi connectivity index (χ1n) is 9.54. The number of benzene rings is 1. The highest BCUT2D eigenvalue weighted by molar-refractivity contribution is 7.07. The number of thiazole rings is 1. The Kier molecular flexibility index (Phi) is 6.64. The van der Waals surface area contributed by atoms with Crippen LogP contribution in [0.15, 0.2) is 34.4 Å². The number of nitrogens with one attached hydrogen (secondary N) is 1. The van der Waals surface area contributed by atoms with Crippen molar-refractivity contribution in [1.82, 2.24) is 14.8 Å². The Balaban J connectivity index is 1.76. The lowest BCUT2D eigenvalue weighted by molar-refractivity contribution is -0.137. The fraction of sp³-hybridized carbons (Fsp3) is 0.450. The number of amides is 2. The Morgan fingerprint density at radius 1 is 1.30 bits per heavy atom. The van der Waals surface area contributed by atoms with Gasteiger partial charge in [0.1, 0.15) is 0 Å². The molecule has 0 aliphatic carbocycles. The molecule has 1 atom stereocenters. The third-order valence-corrected chi connectivity index (χ3v) is 5.95. The number of rotatable bonds is 7. The summed E-state index contributed by atoms with van der Waals surface area (Å²) in [5, 5.41) is 4.45. The molecule has 6 nitrogen and oxygen atoms in total. The van der Waals surface area contributed by atoms with Gasteiger partial charge in [0.15, 0.2) is 0 Å². The van der Waals surface area contributed by atoms with E-state index in [1.54, 1.807) is 17.2 Å². The van der Waals surface area contributed by atoms with Crippen molar-refractivity contribution in [3.8, 4) is 0 Å². The van der Waals surface area contributed by atoms with Crippen molar-refractivity contribution in [1.29, 1.82) is 0 Å². The predicted molar refractivity (Wildman–Crippen MR) is 106 cm³/mol. The highest BCUT2D eigenvalue weighted by atomic mass is 32.1. The van der Waals surface area contributed by atoms with Crippen molar-refractivity contribution in [3.05, 3.63) is 56.1 Å². The molecule has 0 radical (unpaired) electrons. The lowest BCUT2D eigenvalue weighted by Gasteiger charge is -2.26. The van der Waals surface area contributed by atoms with Gasteiger partial charge in [-0.05, 0) is 31.0 Å². The second-order valence-corrected chi connectivity index (χ2v) is 8.05. The highest BCUT2D eigenvalue weighted by Crippen LogP contribution is 2.31. The van der Waals surface area contributed by atoms with Crippen molar-refractivity contribution < 1.29 is 22.8 Å². The summed E-state index contributed by atoms with van der Waals surface area (Å²) in [7, 11) is 0. The van der Waals surface area contributed by atoms with Crippen LogP contribution in [-0.4, -0.2) is 34.4 Å². The number of alkyl halides is 3. The monoisotopic (exact) mass is 441 g/mol. The smallest absolute Gasteiger partial charge is 0.347 e. The van der Waals surface area contributed by atoms with Gasteiger partial charge >= 0.3 is 11.0 Å². The predicted octanol–water partition coefficient (Wildman–Crippen LogP) is 3.11. The summed E-state index contributed by atoms with van der Waals surface area (Å²) >= 11 is 1.04. The van der Waals surface area contributed by atoms with E-state index in [2.05, 4.69) is 5.32 Å². The molecule has 2 heterocycles. The van der Waals surface area contributed by atoms with E-state index in [-0.39, 0.29) is 35.9 Å². The topological polar surface area (TPSA) is 71.4 Å². The van der Waals surface area contributed by atoms with Crippen molar-refractivity contribution in [2.24, 2.45) is 0 Å². The summed E-state index contributed by atoms with van der Waals surface area (Å²) in [4.78, 5) is 37.7. The van der Waals surface area contributed by atoms with Crippen LogP contribution in [0.5, 0.6) is 0 Å². The van der Waals surface area contributed by atoms with Crippen LogP contribution >= 0.6 is 11.3 Å². The molecule has 0 saturated carbocycles. The third kappa shape index (κ3) is 5.29. The van der Waals surface area contributed by atoms with Crippen LogP contribution in [0.25, 0.3) is 0 Å². The van der Waals surface area contributed by atoms with E-state index in [1.807, 2.05) is 0 Å². The molecular formula is C20H22F3N3O3S. The zero-order valence-electron chi connectivity index (χ0n) is 16.4. The van der Waals surface area contributed by atoms with Crippen LogP contribution < -0.4 is 10.2 Å². The quantitative estimate of drug-likeness (QED) is 0.718. The molecule has 0 bridgehead atoms. The van der Waals surface area contributed by atoms with E-state index in [4.69, 9.17) is 0 Å². The Morgan fingerprint density at radius 3 is 2.67 bits per heavy atom. The molecule has 1 aromatic carbocycles. The summed E-state index contributed by atoms with van der Waals surface area (Å²) in [5.74, 6) is -0.483. The van der Waals surface area contributed by atoms with Crippen LogP contribution in [0.4, 0.5) is 13.2 Å². The standard InChI is InChI=1S/C20H22F3N3O3S/c1-13-12-30-19(29)26(13)9-7-17(27)24-16(11-25-8-3-6-18(25)28)14-4-2-5-15(10-14)20(21,22)23/h2,4-5,10,12,16H,3,6-9,11H2,1H3,(H,24,27). The fourth-order valence-electron chi connectivity index (χ4n) is 3.44. The van der Waals surface area contributed by atoms with Crippen molar-refractivity contribution in [3.63, 3.8) is 0 Å². The van der Waals surface area contributed by atoms with Crippen LogP contribution in [0.1, 0.15) is 42.1 Å². The average molecular weight is 441 g/mol. The van der Waals surface area contributed by atoms with Gasteiger partial charge in [-0.1, -0.05) is 23.5 Å². The Bertz CT molecular complexity index is 983. The molecule has 2 aromatic rings. The molecule has 1 aromatic heterocycles. The van der Waals surface area contributed by atoms with Crippen molar-refractivity contribution >= 4 is 23.2 Å². The van der Waals surface area contributed by atoms with Gasteiger partial charge in [-0.25, -0.2) is 0 Å². The molecule has 1 saturated heterocycles. The zero-order chi connectivity index (χ0) is 21.9. The van der Waals surface area contributed by atoms with E-state index in [1.165, 1.54) is 16.7 Å². The van der Waals surface area contributed by atoms with E-state index in [0.717, 1.165) is 29.2 Å². The van der Waals surface area contributed by atoms with Crippen LogP contribution in [0.3, 0.4) is 0 Å². The lowest BCUT2D eigenvalue weighted by atomic mass is 10.0. The van der Waals surface area contributed by atoms with E-state index >= 15 is 0 Å². The number of aromatic nitrogens is 1. The number of hydrogen-bond acceptors (Lipinski definition) is 4. The third-order valence-electron chi connectivity index (χ3n) is 5.06. The van der Waals surface area contributed by atoms with Gasteiger partial charge in [-0.3, -0.25) is 14.4 Å². The number of hydrogen-bond donors (Lipinski definition) is 1. The Labute approximate surface area is 175 Å². The number of aryl methyl sites for hydroxylation is 1. The molecule has 2 amide bonds. The molecule has 162 valence electrons. The molecule has 1 aliphatic heterocycles. The van der Waals surface area contributed by atoms with Gasteiger partial charge < -0.3 is 14.8 Å². The second-order valence-electron chi connectivity index (χ2n) is 7.23. The Morgan fingerprint density at radius 2 is 2.07 bits per heavy atom. The van der Waals surface area contributed by atoms with Gasteiger partial charge in [0.2, 0.25) is 11.8 Å². The molecule has 0 spiro atoms. The summed E-state index contributed by atoms with van der Waals surface area (Å²) in [6.45, 7) is 2.55. The van der Waals surface area contributed by atoms with E-state index in [9.17, 15) is 27.6 Å². The van der Waals surface area contributed by atoms with Crippen LogP contribution in [0, 0.1) is 6.92 Å². The van der Waals surface area contributed by atoms with Crippen LogP contribution in [0.2, 0.25) is 0 Å². The minimum Gasteiger partial charge on any atom is -0.347 e. The molecule has 30 heavy (non-hydrogen) atoms. The second kappa shape index (κ2) is 9.03. The molecule has 3 rings (SSSR count). The Hall–Kier alpha value is -2.62. The largest absolute Gasteiger partial charge is 0.416 e. The first-order chi connectivity index (χ1) is 14.1. The highest BCUT2D eigenvalue weighted by Gasteiger charge is 2.32. The van der Waals surface area contributed by atoms with Gasteiger partial charge in [0.25, 0.3) is 0 Å². The van der Waals surface area contributed by atoms with Gasteiger partial charge in [0, 0.05) is 43.5 Å². The molecule has 1 fully saturated rings. The minimum atomic E-state index is -4.51. The first kappa shape index (κ1) is 22.1. The zero-order valence-corrected chi connectivity index (χ0v) is 17.2. The maximum atomic E-state index is 13.1. The normalized spacial score (nSPS) is 15.5. The molecule has 1 unspecified atom stereocenters. The number of halogens is 3. The molecule has 1 aliphatic rings. The van der Waals surface area contributed by atoms with Gasteiger partial charge in [0.05, 0.1) is 11.6 Å².